The molecule has 0 aliphatic carbocycles. The van der Waals surface area contributed by atoms with Gasteiger partial charge in [0.25, 0.3) is 5.56 Å². The van der Waals surface area contributed by atoms with Crippen LogP contribution in [0.3, 0.4) is 0 Å². The Kier molecular flexibility index (Phi) is 5.63. The molecule has 4 aromatic rings. The van der Waals surface area contributed by atoms with E-state index in [0.717, 1.165) is 63.2 Å². The van der Waals surface area contributed by atoms with Gasteiger partial charge in [0.2, 0.25) is 0 Å². The minimum absolute atomic E-state index is 0.0264. The van der Waals surface area contributed by atoms with E-state index in [4.69, 9.17) is 4.98 Å². The second-order valence-corrected chi connectivity index (χ2v) is 9.49. The van der Waals surface area contributed by atoms with Crippen LogP contribution in [0.15, 0.2) is 77.6 Å². The maximum Gasteiger partial charge on any atom is 0.258 e. The van der Waals surface area contributed by atoms with Gasteiger partial charge in [-0.2, -0.15) is 0 Å². The van der Waals surface area contributed by atoms with Crippen molar-refractivity contribution in [2.45, 2.75) is 31.6 Å². The molecule has 0 bridgehead atoms. The van der Waals surface area contributed by atoms with Crippen LogP contribution in [0.25, 0.3) is 10.9 Å². The second-order valence-electron chi connectivity index (χ2n) is 9.49. The number of aryl methyl sites for hydroxylation is 2. The van der Waals surface area contributed by atoms with Gasteiger partial charge in [-0.05, 0) is 74.2 Å². The first-order valence-electron chi connectivity index (χ1n) is 12.4. The number of nitrogens with zero attached hydrogens (tertiary/aromatic N) is 3. The zero-order valence-electron chi connectivity index (χ0n) is 19.4. The maximum atomic E-state index is 12.5. The van der Waals surface area contributed by atoms with E-state index in [9.17, 15) is 4.79 Å². The molecule has 172 valence electrons. The maximum absolute atomic E-state index is 12.5. The summed E-state index contributed by atoms with van der Waals surface area (Å²) in [5, 5.41) is 0.668. The Labute approximate surface area is 200 Å². The number of H-pyrrole nitrogens is 1. The van der Waals surface area contributed by atoms with E-state index in [1.54, 1.807) is 0 Å². The summed E-state index contributed by atoms with van der Waals surface area (Å²) in [4.78, 5) is 25.4. The van der Waals surface area contributed by atoms with Crippen molar-refractivity contribution in [2.24, 2.45) is 0 Å². The molecular weight excluding hydrogens is 420 g/mol. The molecule has 2 aliphatic rings. The molecule has 3 aromatic carbocycles. The largest absolute Gasteiger partial charge is 0.340 e. The molecule has 0 atom stereocenters. The van der Waals surface area contributed by atoms with Gasteiger partial charge in [0.1, 0.15) is 5.82 Å². The zero-order chi connectivity index (χ0) is 22.9. The lowest BCUT2D eigenvalue weighted by atomic mass is 9.95. The quantitative estimate of drug-likeness (QED) is 0.473. The standard InChI is InChI=1S/C29H30N4O/c34-29-24-9-3-4-10-25(24)30-28(31-29)23-15-17-32(18-16-23)19-20-33-26-11-5-1-7-21(26)13-14-22-8-2-6-12-27(22)33/h1-12,23H,13-20H2,(H,30,31,34). The Morgan fingerprint density at radius 1 is 0.794 bits per heavy atom. The van der Waals surface area contributed by atoms with Gasteiger partial charge in [-0.1, -0.05) is 48.5 Å². The third-order valence-corrected chi connectivity index (χ3v) is 7.47. The summed E-state index contributed by atoms with van der Waals surface area (Å²) in [5.74, 6) is 1.16. The van der Waals surface area contributed by atoms with E-state index >= 15 is 0 Å². The molecule has 0 amide bonds. The Bertz CT molecular complexity index is 1320. The second kappa shape index (κ2) is 9.07. The molecule has 0 unspecified atom stereocenters. The molecule has 3 heterocycles. The monoisotopic (exact) mass is 450 g/mol. The number of hydrogen-bond donors (Lipinski definition) is 1. The minimum Gasteiger partial charge on any atom is -0.340 e. The number of para-hydroxylation sites is 3. The number of piperidine rings is 1. The molecule has 0 saturated carbocycles. The highest BCUT2D eigenvalue weighted by Crippen LogP contribution is 2.36. The van der Waals surface area contributed by atoms with Crippen molar-refractivity contribution in [2.75, 3.05) is 31.1 Å². The summed E-state index contributed by atoms with van der Waals surface area (Å²) in [7, 11) is 0. The highest BCUT2D eigenvalue weighted by molar-refractivity contribution is 5.77. The number of aromatic amines is 1. The van der Waals surface area contributed by atoms with Crippen LogP contribution >= 0.6 is 0 Å². The number of nitrogens with one attached hydrogen (secondary N) is 1. The highest BCUT2D eigenvalue weighted by atomic mass is 16.1. The van der Waals surface area contributed by atoms with Crippen molar-refractivity contribution in [1.29, 1.82) is 0 Å². The van der Waals surface area contributed by atoms with Gasteiger partial charge in [-0.15, -0.1) is 0 Å². The number of anilines is 2. The third-order valence-electron chi connectivity index (χ3n) is 7.47. The molecule has 5 heteroatoms. The molecule has 2 aliphatic heterocycles. The van der Waals surface area contributed by atoms with Gasteiger partial charge in [0.05, 0.1) is 10.9 Å². The Morgan fingerprint density at radius 2 is 1.41 bits per heavy atom. The Balaban J connectivity index is 1.16. The predicted molar refractivity (Wildman–Crippen MR) is 138 cm³/mol. The number of hydrogen-bond acceptors (Lipinski definition) is 4. The zero-order valence-corrected chi connectivity index (χ0v) is 19.4. The van der Waals surface area contributed by atoms with Crippen LogP contribution in [0.2, 0.25) is 0 Å². The third kappa shape index (κ3) is 4.01. The van der Waals surface area contributed by atoms with Crippen LogP contribution in [-0.2, 0) is 12.8 Å². The normalized spacial score (nSPS) is 16.8. The topological polar surface area (TPSA) is 52.2 Å². The number of rotatable bonds is 4. The Hall–Kier alpha value is -3.44. The van der Waals surface area contributed by atoms with E-state index in [1.807, 2.05) is 24.3 Å². The molecule has 1 N–H and O–H groups in total. The lowest BCUT2D eigenvalue weighted by Crippen LogP contribution is -2.38. The van der Waals surface area contributed by atoms with Gasteiger partial charge in [-0.3, -0.25) is 4.79 Å². The molecule has 5 nitrogen and oxygen atoms in total. The highest BCUT2D eigenvalue weighted by Gasteiger charge is 2.25. The predicted octanol–water partition coefficient (Wildman–Crippen LogP) is 5.04. The average molecular weight is 451 g/mol. The number of aromatic nitrogens is 2. The molecule has 1 aromatic heterocycles. The summed E-state index contributed by atoms with van der Waals surface area (Å²) >= 11 is 0. The molecular formula is C29H30N4O. The molecule has 1 saturated heterocycles. The van der Waals surface area contributed by atoms with Crippen LogP contribution in [0.5, 0.6) is 0 Å². The molecule has 34 heavy (non-hydrogen) atoms. The van der Waals surface area contributed by atoms with Gasteiger partial charge in [0.15, 0.2) is 0 Å². The van der Waals surface area contributed by atoms with E-state index in [2.05, 4.69) is 63.3 Å². The summed E-state index contributed by atoms with van der Waals surface area (Å²) in [6, 6.07) is 25.3. The van der Waals surface area contributed by atoms with E-state index in [-0.39, 0.29) is 5.56 Å². The van der Waals surface area contributed by atoms with Crippen LogP contribution in [0.1, 0.15) is 35.7 Å². The van der Waals surface area contributed by atoms with Crippen molar-refractivity contribution >= 4 is 22.3 Å². The minimum atomic E-state index is -0.0264. The van der Waals surface area contributed by atoms with Gasteiger partial charge >= 0.3 is 0 Å². The Morgan fingerprint density at radius 3 is 2.12 bits per heavy atom. The van der Waals surface area contributed by atoms with Crippen molar-refractivity contribution in [3.63, 3.8) is 0 Å². The summed E-state index contributed by atoms with van der Waals surface area (Å²) in [6.07, 6.45) is 4.22. The smallest absolute Gasteiger partial charge is 0.258 e. The lowest BCUT2D eigenvalue weighted by Gasteiger charge is -2.34. The van der Waals surface area contributed by atoms with Crippen LogP contribution in [-0.4, -0.2) is 41.0 Å². The van der Waals surface area contributed by atoms with Crippen LogP contribution in [0.4, 0.5) is 11.4 Å². The van der Waals surface area contributed by atoms with Crippen LogP contribution in [0, 0.1) is 0 Å². The van der Waals surface area contributed by atoms with Crippen LogP contribution < -0.4 is 10.5 Å². The van der Waals surface area contributed by atoms with Gasteiger partial charge < -0.3 is 14.8 Å². The first kappa shape index (κ1) is 21.1. The van der Waals surface area contributed by atoms with Gasteiger partial charge in [0, 0.05) is 30.4 Å². The van der Waals surface area contributed by atoms with E-state index in [1.165, 1.54) is 22.5 Å². The fourth-order valence-electron chi connectivity index (χ4n) is 5.58. The van der Waals surface area contributed by atoms with Crippen molar-refractivity contribution < 1.29 is 0 Å². The summed E-state index contributed by atoms with van der Waals surface area (Å²) in [5.41, 5.74) is 6.33. The van der Waals surface area contributed by atoms with Crippen molar-refractivity contribution in [3.05, 3.63) is 100 Å². The summed E-state index contributed by atoms with van der Waals surface area (Å²) < 4.78 is 0. The molecule has 0 radical (unpaired) electrons. The first-order valence-corrected chi connectivity index (χ1v) is 12.4. The van der Waals surface area contributed by atoms with Gasteiger partial charge in [-0.25, -0.2) is 4.98 Å². The molecule has 6 rings (SSSR count). The molecule has 0 spiro atoms. The number of likely N-dealkylation sites (tertiary alicyclic amines) is 1. The molecule has 1 fully saturated rings. The van der Waals surface area contributed by atoms with E-state index in [0.29, 0.717) is 11.3 Å². The number of fused-ring (bicyclic) bond motifs is 3. The average Bonchev–Trinajstić information content (AvgIpc) is 3.05. The van der Waals surface area contributed by atoms with E-state index < -0.39 is 0 Å². The number of benzene rings is 3. The van der Waals surface area contributed by atoms with Crippen molar-refractivity contribution in [3.8, 4) is 0 Å². The SMILES string of the molecule is O=c1[nH]c(C2CCN(CCN3c4ccccc4CCc4ccccc43)CC2)nc2ccccc12. The first-order chi connectivity index (χ1) is 16.8. The lowest BCUT2D eigenvalue weighted by molar-refractivity contribution is 0.214. The fraction of sp³-hybridized carbons (Fsp3) is 0.310. The fourth-order valence-corrected chi connectivity index (χ4v) is 5.58. The summed E-state index contributed by atoms with van der Waals surface area (Å²) in [6.45, 7) is 4.05. The van der Waals surface area contributed by atoms with Crippen molar-refractivity contribution in [1.82, 2.24) is 14.9 Å².